The van der Waals surface area contributed by atoms with Gasteiger partial charge in [-0.15, -0.1) is 11.8 Å². The Morgan fingerprint density at radius 3 is 2.76 bits per heavy atom. The molecule has 0 aliphatic carbocycles. The zero-order valence-electron chi connectivity index (χ0n) is 11.2. The van der Waals surface area contributed by atoms with Crippen LogP contribution in [-0.2, 0) is 0 Å². The molecule has 3 rings (SSSR count). The summed E-state index contributed by atoms with van der Waals surface area (Å²) in [5.74, 6) is 0.195. The molecule has 0 spiro atoms. The number of aliphatic hydroxyl groups is 1. The predicted octanol–water partition coefficient (Wildman–Crippen LogP) is 4.20. The van der Waals surface area contributed by atoms with Gasteiger partial charge in [-0.2, -0.15) is 0 Å². The summed E-state index contributed by atoms with van der Waals surface area (Å²) in [7, 11) is 0. The fourth-order valence-corrected chi connectivity index (χ4v) is 3.12. The molecule has 0 fully saturated rings. The van der Waals surface area contributed by atoms with E-state index in [0.29, 0.717) is 5.75 Å². The first-order valence-electron chi connectivity index (χ1n) is 6.64. The Hall–Kier alpha value is -1.91. The van der Waals surface area contributed by atoms with Gasteiger partial charge in [-0.1, -0.05) is 30.3 Å². The smallest absolute Gasteiger partial charge is 0.124 e. The lowest BCUT2D eigenvalue weighted by Crippen LogP contribution is -2.02. The number of fused-ring (bicyclic) bond motifs is 1. The number of pyridine rings is 1. The largest absolute Gasteiger partial charge is 0.387 e. The lowest BCUT2D eigenvalue weighted by Gasteiger charge is -2.12. The fourth-order valence-electron chi connectivity index (χ4n) is 2.22. The van der Waals surface area contributed by atoms with E-state index in [0.717, 1.165) is 21.4 Å². The van der Waals surface area contributed by atoms with Crippen LogP contribution in [0, 0.1) is 5.82 Å². The lowest BCUT2D eigenvalue weighted by atomic mass is 10.1. The molecule has 0 saturated carbocycles. The Balaban J connectivity index is 1.79. The van der Waals surface area contributed by atoms with Gasteiger partial charge >= 0.3 is 0 Å². The first kappa shape index (κ1) is 14.0. The van der Waals surface area contributed by atoms with Crippen molar-refractivity contribution in [2.24, 2.45) is 0 Å². The van der Waals surface area contributed by atoms with Crippen LogP contribution in [0.15, 0.2) is 65.7 Å². The number of para-hydroxylation sites is 1. The Kier molecular flexibility index (Phi) is 4.18. The van der Waals surface area contributed by atoms with Gasteiger partial charge in [-0.25, -0.2) is 4.39 Å². The van der Waals surface area contributed by atoms with E-state index < -0.39 is 6.10 Å². The van der Waals surface area contributed by atoms with Crippen molar-refractivity contribution in [1.29, 1.82) is 0 Å². The third kappa shape index (κ3) is 3.23. The minimum atomic E-state index is -0.642. The third-order valence-electron chi connectivity index (χ3n) is 3.23. The van der Waals surface area contributed by atoms with E-state index >= 15 is 0 Å². The van der Waals surface area contributed by atoms with Crippen molar-refractivity contribution < 1.29 is 9.50 Å². The first-order chi connectivity index (χ1) is 10.2. The van der Waals surface area contributed by atoms with Crippen LogP contribution in [0.4, 0.5) is 4.39 Å². The number of hydrogen-bond donors (Lipinski definition) is 1. The Morgan fingerprint density at radius 1 is 1.10 bits per heavy atom. The molecule has 106 valence electrons. The van der Waals surface area contributed by atoms with Gasteiger partial charge in [0.2, 0.25) is 0 Å². The Labute approximate surface area is 126 Å². The highest BCUT2D eigenvalue weighted by Crippen LogP contribution is 2.28. The van der Waals surface area contributed by atoms with E-state index in [4.69, 9.17) is 0 Å². The van der Waals surface area contributed by atoms with Gasteiger partial charge in [0.15, 0.2) is 0 Å². The molecule has 1 N–H and O–H groups in total. The molecule has 1 atom stereocenters. The van der Waals surface area contributed by atoms with Gasteiger partial charge in [-0.3, -0.25) is 4.98 Å². The van der Waals surface area contributed by atoms with Gasteiger partial charge < -0.3 is 5.11 Å². The van der Waals surface area contributed by atoms with Crippen LogP contribution in [0.2, 0.25) is 0 Å². The van der Waals surface area contributed by atoms with Gasteiger partial charge in [0.25, 0.3) is 0 Å². The molecule has 3 aromatic rings. The van der Waals surface area contributed by atoms with Gasteiger partial charge in [-0.05, 0) is 24.3 Å². The van der Waals surface area contributed by atoms with Crippen molar-refractivity contribution in [2.75, 3.05) is 5.75 Å². The van der Waals surface area contributed by atoms with Crippen LogP contribution in [-0.4, -0.2) is 15.8 Å². The van der Waals surface area contributed by atoms with Crippen molar-refractivity contribution in [3.63, 3.8) is 0 Å². The quantitative estimate of drug-likeness (QED) is 0.733. The monoisotopic (exact) mass is 299 g/mol. The summed E-state index contributed by atoms with van der Waals surface area (Å²) in [6.45, 7) is 0. The standard InChI is InChI=1S/C17H14FNOS/c18-13-6-2-7-14(10-13)21-11-16(20)15-8-1-4-12-5-3-9-19-17(12)15/h1-10,16,20H,11H2. The zero-order chi connectivity index (χ0) is 14.7. The summed E-state index contributed by atoms with van der Waals surface area (Å²) < 4.78 is 13.1. The summed E-state index contributed by atoms with van der Waals surface area (Å²) in [4.78, 5) is 5.15. The molecule has 21 heavy (non-hydrogen) atoms. The van der Waals surface area contributed by atoms with Crippen LogP contribution in [0.5, 0.6) is 0 Å². The second kappa shape index (κ2) is 6.24. The Morgan fingerprint density at radius 2 is 1.90 bits per heavy atom. The minimum absolute atomic E-state index is 0.263. The molecule has 0 aliphatic rings. The number of aromatic nitrogens is 1. The maximum Gasteiger partial charge on any atom is 0.124 e. The van der Waals surface area contributed by atoms with Crippen molar-refractivity contribution in [2.45, 2.75) is 11.0 Å². The molecule has 1 unspecified atom stereocenters. The van der Waals surface area contributed by atoms with E-state index in [1.54, 1.807) is 12.3 Å². The summed E-state index contributed by atoms with van der Waals surface area (Å²) in [5.41, 5.74) is 1.62. The highest BCUT2D eigenvalue weighted by molar-refractivity contribution is 7.99. The van der Waals surface area contributed by atoms with Crippen LogP contribution in [0.1, 0.15) is 11.7 Å². The van der Waals surface area contributed by atoms with Gasteiger partial charge in [0.05, 0.1) is 11.6 Å². The number of benzene rings is 2. The molecule has 2 nitrogen and oxygen atoms in total. The summed E-state index contributed by atoms with van der Waals surface area (Å²) in [5, 5.41) is 11.4. The molecular formula is C17H14FNOS. The summed E-state index contributed by atoms with van der Waals surface area (Å²) in [6.07, 6.45) is 1.08. The van der Waals surface area contributed by atoms with E-state index in [-0.39, 0.29) is 5.82 Å². The first-order valence-corrected chi connectivity index (χ1v) is 7.63. The molecule has 0 radical (unpaired) electrons. The summed E-state index contributed by atoms with van der Waals surface area (Å²) >= 11 is 1.43. The normalized spacial score (nSPS) is 12.5. The Bertz CT molecular complexity index is 757. The van der Waals surface area contributed by atoms with Crippen LogP contribution < -0.4 is 0 Å². The molecule has 0 amide bonds. The predicted molar refractivity (Wildman–Crippen MR) is 83.8 cm³/mol. The molecule has 0 saturated heterocycles. The maximum absolute atomic E-state index is 13.1. The van der Waals surface area contributed by atoms with E-state index in [9.17, 15) is 9.50 Å². The molecule has 4 heteroatoms. The van der Waals surface area contributed by atoms with Gasteiger partial charge in [0.1, 0.15) is 5.82 Å². The fraction of sp³-hybridized carbons (Fsp3) is 0.118. The maximum atomic E-state index is 13.1. The molecule has 1 aromatic heterocycles. The average Bonchev–Trinajstić information content (AvgIpc) is 2.52. The van der Waals surface area contributed by atoms with Crippen LogP contribution in [0.25, 0.3) is 10.9 Å². The lowest BCUT2D eigenvalue weighted by molar-refractivity contribution is 0.205. The third-order valence-corrected chi connectivity index (χ3v) is 4.30. The topological polar surface area (TPSA) is 33.1 Å². The highest BCUT2D eigenvalue weighted by Gasteiger charge is 2.12. The number of aliphatic hydroxyl groups excluding tert-OH is 1. The molecule has 0 aliphatic heterocycles. The summed E-state index contributed by atoms with van der Waals surface area (Å²) in [6, 6.07) is 16.0. The van der Waals surface area contributed by atoms with E-state index in [2.05, 4.69) is 4.98 Å². The van der Waals surface area contributed by atoms with Crippen LogP contribution in [0.3, 0.4) is 0 Å². The number of nitrogens with zero attached hydrogens (tertiary/aromatic N) is 1. The second-order valence-corrected chi connectivity index (χ2v) is 5.80. The molecule has 2 aromatic carbocycles. The number of thioether (sulfide) groups is 1. The second-order valence-electron chi connectivity index (χ2n) is 4.71. The molecule has 1 heterocycles. The van der Waals surface area contributed by atoms with E-state index in [1.807, 2.05) is 36.4 Å². The average molecular weight is 299 g/mol. The van der Waals surface area contributed by atoms with Gasteiger partial charge in [0, 0.05) is 27.8 Å². The highest BCUT2D eigenvalue weighted by atomic mass is 32.2. The number of halogens is 1. The van der Waals surface area contributed by atoms with Crippen molar-refractivity contribution in [1.82, 2.24) is 4.98 Å². The van der Waals surface area contributed by atoms with Crippen molar-refractivity contribution >= 4 is 22.7 Å². The van der Waals surface area contributed by atoms with Crippen molar-refractivity contribution in [3.05, 3.63) is 72.2 Å². The van der Waals surface area contributed by atoms with Crippen molar-refractivity contribution in [3.8, 4) is 0 Å². The molecule has 0 bridgehead atoms. The number of hydrogen-bond acceptors (Lipinski definition) is 3. The van der Waals surface area contributed by atoms with E-state index in [1.165, 1.54) is 23.9 Å². The zero-order valence-corrected chi connectivity index (χ0v) is 12.1. The minimum Gasteiger partial charge on any atom is -0.387 e. The molecular weight excluding hydrogens is 285 g/mol. The van der Waals surface area contributed by atoms with Crippen LogP contribution >= 0.6 is 11.8 Å². The number of rotatable bonds is 4. The SMILES string of the molecule is OC(CSc1cccc(F)c1)c1cccc2cccnc12.